The number of pyridine rings is 1. The minimum Gasteiger partial charge on any atom is -0.446 e. The van der Waals surface area contributed by atoms with Gasteiger partial charge in [-0.15, -0.1) is 0 Å². The second-order valence-electron chi connectivity index (χ2n) is 14.1. The van der Waals surface area contributed by atoms with Crippen LogP contribution in [-0.2, 0) is 28.9 Å². The summed E-state index contributed by atoms with van der Waals surface area (Å²) in [6, 6.07) is 8.58. The first kappa shape index (κ1) is 32.9. The number of carbonyl (C=O) groups excluding carboxylic acids is 2. The number of rotatable bonds is 5. The van der Waals surface area contributed by atoms with Crippen molar-refractivity contribution in [3.63, 3.8) is 0 Å². The summed E-state index contributed by atoms with van der Waals surface area (Å²) >= 11 is 6.46. The molecule has 2 aliphatic heterocycles. The largest absolute Gasteiger partial charge is 0.446 e. The lowest BCUT2D eigenvalue weighted by Crippen LogP contribution is -2.64. The van der Waals surface area contributed by atoms with Crippen LogP contribution < -0.4 is 4.73 Å². The van der Waals surface area contributed by atoms with E-state index in [1.165, 1.54) is 4.73 Å². The molecule has 2 saturated heterocycles. The van der Waals surface area contributed by atoms with Crippen molar-refractivity contribution in [1.29, 1.82) is 0 Å². The predicted octanol–water partition coefficient (Wildman–Crippen LogP) is 4.07. The Morgan fingerprint density at radius 1 is 1.08 bits per heavy atom. The molecule has 1 aromatic carbocycles. The summed E-state index contributed by atoms with van der Waals surface area (Å²) < 4.78 is 9.12. The zero-order valence-electron chi connectivity index (χ0n) is 27.6. The number of likely N-dealkylation sites (tertiary alicyclic amines) is 1. The molecule has 7 rings (SSSR count). The van der Waals surface area contributed by atoms with Crippen LogP contribution in [0.1, 0.15) is 79.1 Å². The van der Waals surface area contributed by atoms with Gasteiger partial charge in [-0.05, 0) is 87.6 Å². The lowest BCUT2D eigenvalue weighted by atomic mass is 9.91. The Morgan fingerprint density at radius 2 is 1.90 bits per heavy atom. The van der Waals surface area contributed by atoms with E-state index in [9.17, 15) is 19.9 Å². The average molecular weight is 678 g/mol. The molecule has 0 radical (unpaired) electrons. The van der Waals surface area contributed by atoms with Crippen molar-refractivity contribution in [3.8, 4) is 0 Å². The van der Waals surface area contributed by atoms with Crippen molar-refractivity contribution in [2.24, 2.45) is 0 Å². The van der Waals surface area contributed by atoms with Gasteiger partial charge in [-0.25, -0.2) is 9.78 Å². The van der Waals surface area contributed by atoms with E-state index in [0.717, 1.165) is 73.0 Å². The average Bonchev–Trinajstić information content (AvgIpc) is 3.40. The van der Waals surface area contributed by atoms with E-state index < -0.39 is 17.7 Å². The first-order valence-electron chi connectivity index (χ1n) is 17.4. The van der Waals surface area contributed by atoms with Crippen molar-refractivity contribution in [1.82, 2.24) is 24.3 Å². The highest BCUT2D eigenvalue weighted by atomic mass is 35.5. The normalized spacial score (nSPS) is 25.2. The number of imidazole rings is 1. The first-order valence-corrected chi connectivity index (χ1v) is 17.8. The molecule has 1 saturated carbocycles. The molecule has 4 aliphatic rings. The SMILES string of the molecule is Cc1cn(CC2(O)CCCN(C(=O)[C@H]3CN([C@@H]4c5ccc(Cl)cc5CCc5ccc[n+](O)c54)CCN3C(=O)OC3CCCCC3)C2)cn1. The molecule has 0 spiro atoms. The van der Waals surface area contributed by atoms with Gasteiger partial charge in [-0.3, -0.25) is 19.8 Å². The van der Waals surface area contributed by atoms with Gasteiger partial charge in [0.1, 0.15) is 23.8 Å². The van der Waals surface area contributed by atoms with Crippen LogP contribution in [0, 0.1) is 6.92 Å². The maximum absolute atomic E-state index is 14.7. The van der Waals surface area contributed by atoms with E-state index >= 15 is 0 Å². The number of hydrogen-bond acceptors (Lipinski definition) is 7. The molecule has 2 aliphatic carbocycles. The standard InChI is InChI=1S/C36H46ClN6O5/c1-25-20-39(24-38-25)22-36(46)14-6-15-41(23-36)34(44)31-21-40(17-18-42(31)35(45)48-29-8-3-2-4-9-29)33-30-13-12-28(37)19-27(30)11-10-26-7-5-16-43(47)32(26)33/h5,7,12-13,16,19-20,24,29,31,33,46-47H,2-4,6,8-11,14-15,17-18,21-23H2,1H3/q+1/t31-,33-,36?/m1/s1. The summed E-state index contributed by atoms with van der Waals surface area (Å²) in [4.78, 5) is 38.4. The quantitative estimate of drug-likeness (QED) is 0.309. The Hall–Kier alpha value is -3.67. The number of β-amino-alcohol motifs (C(OH)–C–C–N with tert-alkyl or cyclic N) is 1. The summed E-state index contributed by atoms with van der Waals surface area (Å²) in [7, 11) is 0. The summed E-state index contributed by atoms with van der Waals surface area (Å²) in [5.41, 5.74) is 3.65. The maximum atomic E-state index is 14.7. The number of piperazine rings is 1. The molecule has 1 unspecified atom stereocenters. The number of amides is 2. The van der Waals surface area contributed by atoms with Gasteiger partial charge in [0, 0.05) is 53.8 Å². The number of aromatic nitrogens is 3. The Kier molecular flexibility index (Phi) is 9.37. The van der Waals surface area contributed by atoms with E-state index in [0.29, 0.717) is 44.0 Å². The maximum Gasteiger partial charge on any atom is 0.410 e. The number of aliphatic hydroxyl groups is 1. The van der Waals surface area contributed by atoms with E-state index in [1.54, 1.807) is 22.3 Å². The number of ether oxygens (including phenoxy) is 1. The Morgan fingerprint density at radius 3 is 2.69 bits per heavy atom. The van der Waals surface area contributed by atoms with Crippen LogP contribution in [0.3, 0.4) is 0 Å². The van der Waals surface area contributed by atoms with E-state index in [2.05, 4.69) is 9.88 Å². The lowest BCUT2D eigenvalue weighted by Gasteiger charge is -2.46. The number of aryl methyl sites for hydroxylation is 3. The van der Waals surface area contributed by atoms with Gasteiger partial charge in [0.05, 0.1) is 25.1 Å². The summed E-state index contributed by atoms with van der Waals surface area (Å²) in [6.45, 7) is 3.92. The van der Waals surface area contributed by atoms with Crippen molar-refractivity contribution in [2.75, 3.05) is 32.7 Å². The van der Waals surface area contributed by atoms with Crippen LogP contribution in [0.15, 0.2) is 49.1 Å². The van der Waals surface area contributed by atoms with Gasteiger partial charge < -0.3 is 19.3 Å². The van der Waals surface area contributed by atoms with Crippen LogP contribution in [0.5, 0.6) is 0 Å². The fourth-order valence-electron chi connectivity index (χ4n) is 8.31. The molecule has 2 amide bonds. The predicted molar refractivity (Wildman–Crippen MR) is 178 cm³/mol. The van der Waals surface area contributed by atoms with Crippen LogP contribution in [0.25, 0.3) is 0 Å². The zero-order chi connectivity index (χ0) is 33.4. The molecule has 256 valence electrons. The highest BCUT2D eigenvalue weighted by Crippen LogP contribution is 2.38. The molecule has 11 nitrogen and oxygen atoms in total. The Labute approximate surface area is 286 Å². The number of benzene rings is 1. The summed E-state index contributed by atoms with van der Waals surface area (Å²) in [5, 5.41) is 23.6. The second-order valence-corrected chi connectivity index (χ2v) is 14.6. The number of halogens is 1. The molecule has 3 fully saturated rings. The van der Waals surface area contributed by atoms with Crippen molar-refractivity contribution in [2.45, 2.75) is 95.0 Å². The molecule has 0 bridgehead atoms. The van der Waals surface area contributed by atoms with Gasteiger partial charge >= 0.3 is 6.09 Å². The monoisotopic (exact) mass is 677 g/mol. The molecule has 12 heteroatoms. The number of nitrogens with zero attached hydrogens (tertiary/aromatic N) is 6. The molecular formula is C36H46ClN6O5+. The van der Waals surface area contributed by atoms with Gasteiger partial charge in [0.2, 0.25) is 12.1 Å². The number of piperidine rings is 1. The smallest absolute Gasteiger partial charge is 0.410 e. The third kappa shape index (κ3) is 6.77. The molecule has 3 atom stereocenters. The Bertz CT molecular complexity index is 1660. The molecule has 2 N–H and O–H groups in total. The van der Waals surface area contributed by atoms with Crippen molar-refractivity contribution >= 4 is 23.6 Å². The number of hydrogen-bond donors (Lipinski definition) is 2. The van der Waals surface area contributed by atoms with Gasteiger partial charge in [-0.2, -0.15) is 0 Å². The Balaban J connectivity index is 1.20. The minimum absolute atomic E-state index is 0.141. The topological polar surface area (TPSA) is 115 Å². The fraction of sp³-hybridized carbons (Fsp3) is 0.556. The number of carbonyl (C=O) groups is 2. The first-order chi connectivity index (χ1) is 23.2. The van der Waals surface area contributed by atoms with Crippen LogP contribution in [-0.4, -0.2) is 97.0 Å². The second kappa shape index (κ2) is 13.7. The van der Waals surface area contributed by atoms with E-state index in [4.69, 9.17) is 16.3 Å². The summed E-state index contributed by atoms with van der Waals surface area (Å²) in [5.74, 6) is -0.199. The van der Waals surface area contributed by atoms with Crippen molar-refractivity contribution in [3.05, 3.63) is 82.2 Å². The van der Waals surface area contributed by atoms with Crippen molar-refractivity contribution < 1.29 is 29.4 Å². The molecule has 3 aromatic rings. The molecular weight excluding hydrogens is 632 g/mol. The van der Waals surface area contributed by atoms with Crippen LogP contribution in [0.2, 0.25) is 5.02 Å². The third-order valence-electron chi connectivity index (χ3n) is 10.6. The molecule has 2 aromatic heterocycles. The zero-order valence-corrected chi connectivity index (χ0v) is 28.4. The molecule has 48 heavy (non-hydrogen) atoms. The van der Waals surface area contributed by atoms with Crippen LogP contribution >= 0.6 is 11.6 Å². The van der Waals surface area contributed by atoms with Crippen LogP contribution in [0.4, 0.5) is 4.79 Å². The number of fused-ring (bicyclic) bond motifs is 2. The van der Waals surface area contributed by atoms with Gasteiger partial charge in [0.15, 0.2) is 0 Å². The lowest BCUT2D eigenvalue weighted by molar-refractivity contribution is -0.911. The third-order valence-corrected chi connectivity index (χ3v) is 10.9. The molecule has 4 heterocycles. The highest BCUT2D eigenvalue weighted by molar-refractivity contribution is 6.30. The van der Waals surface area contributed by atoms with E-state index in [1.807, 2.05) is 48.0 Å². The summed E-state index contributed by atoms with van der Waals surface area (Å²) in [6.07, 6.45) is 12.2. The highest BCUT2D eigenvalue weighted by Gasteiger charge is 2.46. The van der Waals surface area contributed by atoms with Gasteiger partial charge in [-0.1, -0.05) is 24.1 Å². The van der Waals surface area contributed by atoms with Gasteiger partial charge in [0.25, 0.3) is 5.69 Å². The minimum atomic E-state index is -1.12. The fourth-order valence-corrected chi connectivity index (χ4v) is 8.50. The van der Waals surface area contributed by atoms with E-state index in [-0.39, 0.29) is 31.1 Å².